The summed E-state index contributed by atoms with van der Waals surface area (Å²) in [7, 11) is 0. The number of hydrogen-bond donors (Lipinski definition) is 1. The maximum absolute atomic E-state index is 10.4. The number of aliphatic hydroxyl groups excluding tert-OH is 1. The Kier molecular flexibility index (Phi) is 3.05. The second-order valence-corrected chi connectivity index (χ2v) is 6.24. The van der Waals surface area contributed by atoms with Crippen molar-refractivity contribution in [3.8, 4) is 0 Å². The fourth-order valence-electron chi connectivity index (χ4n) is 2.78. The molecule has 1 N–H and O–H groups in total. The lowest BCUT2D eigenvalue weighted by molar-refractivity contribution is -0.0898. The first-order chi connectivity index (χ1) is 7.71. The Morgan fingerprint density at radius 3 is 2.41 bits per heavy atom. The number of halogens is 1. The van der Waals surface area contributed by atoms with E-state index < -0.39 is 6.10 Å². The van der Waals surface area contributed by atoms with Crippen molar-refractivity contribution >= 4 is 11.6 Å². The predicted molar refractivity (Wildman–Crippen MR) is 66.0 cm³/mol. The first-order valence-corrected chi connectivity index (χ1v) is 6.22. The zero-order valence-electron chi connectivity index (χ0n) is 10.7. The average molecular weight is 259 g/mol. The van der Waals surface area contributed by atoms with Crippen molar-refractivity contribution in [3.05, 3.63) is 23.1 Å². The van der Waals surface area contributed by atoms with Gasteiger partial charge in [0.1, 0.15) is 11.9 Å². The maximum atomic E-state index is 10.4. The molecule has 2 atom stereocenters. The normalized spacial score (nSPS) is 28.2. The fraction of sp³-hybridized carbons (Fsp3) is 0.692. The summed E-state index contributed by atoms with van der Waals surface area (Å²) >= 11 is 5.73. The number of rotatable bonds is 2. The molecule has 3 nitrogen and oxygen atoms in total. The topological polar surface area (TPSA) is 42.6 Å². The molecular weight excluding hydrogens is 240 g/mol. The molecule has 0 saturated carbocycles. The highest BCUT2D eigenvalue weighted by Gasteiger charge is 2.49. The maximum Gasteiger partial charge on any atom is 0.193 e. The van der Waals surface area contributed by atoms with E-state index in [1.54, 1.807) is 12.1 Å². The monoisotopic (exact) mass is 258 g/mol. The summed E-state index contributed by atoms with van der Waals surface area (Å²) in [5, 5.41) is 10.7. The van der Waals surface area contributed by atoms with Gasteiger partial charge >= 0.3 is 0 Å². The minimum atomic E-state index is -0.681. The van der Waals surface area contributed by atoms with E-state index in [-0.39, 0.29) is 17.1 Å². The highest BCUT2D eigenvalue weighted by molar-refractivity contribution is 6.28. The Bertz CT molecular complexity index is 409. The van der Waals surface area contributed by atoms with Crippen molar-refractivity contribution in [2.75, 3.05) is 0 Å². The lowest BCUT2D eigenvalue weighted by Crippen LogP contribution is -2.32. The van der Waals surface area contributed by atoms with Crippen LogP contribution in [0.3, 0.4) is 0 Å². The Balaban J connectivity index is 2.23. The van der Waals surface area contributed by atoms with Crippen molar-refractivity contribution in [1.82, 2.24) is 0 Å². The van der Waals surface area contributed by atoms with Crippen LogP contribution in [-0.4, -0.2) is 16.3 Å². The summed E-state index contributed by atoms with van der Waals surface area (Å²) in [6.07, 6.45) is 0.110. The van der Waals surface area contributed by atoms with E-state index in [1.807, 2.05) is 27.7 Å². The molecule has 0 amide bonds. The van der Waals surface area contributed by atoms with Crippen LogP contribution in [-0.2, 0) is 4.74 Å². The molecule has 1 fully saturated rings. The summed E-state index contributed by atoms with van der Waals surface area (Å²) in [6, 6.07) is 3.36. The largest absolute Gasteiger partial charge is 0.447 e. The van der Waals surface area contributed by atoms with Gasteiger partial charge < -0.3 is 14.3 Å². The van der Waals surface area contributed by atoms with Crippen LogP contribution in [0.15, 0.2) is 16.5 Å². The molecule has 0 radical (unpaired) electrons. The van der Waals surface area contributed by atoms with Gasteiger partial charge in [-0.3, -0.25) is 0 Å². The molecule has 17 heavy (non-hydrogen) atoms. The van der Waals surface area contributed by atoms with Crippen LogP contribution in [0.5, 0.6) is 0 Å². The van der Waals surface area contributed by atoms with Crippen molar-refractivity contribution < 1.29 is 14.3 Å². The quantitative estimate of drug-likeness (QED) is 0.882. The summed E-state index contributed by atoms with van der Waals surface area (Å²) in [5.74, 6) is 0.508. The van der Waals surface area contributed by atoms with Gasteiger partial charge in [-0.2, -0.15) is 0 Å². The number of hydrogen-bond acceptors (Lipinski definition) is 3. The van der Waals surface area contributed by atoms with E-state index >= 15 is 0 Å². The molecule has 1 saturated heterocycles. The smallest absolute Gasteiger partial charge is 0.193 e. The van der Waals surface area contributed by atoms with Crippen LogP contribution in [0.1, 0.15) is 46.0 Å². The first-order valence-electron chi connectivity index (χ1n) is 5.85. The molecule has 2 unspecified atom stereocenters. The summed E-state index contributed by atoms with van der Waals surface area (Å²) in [6.45, 7) is 8.08. The van der Waals surface area contributed by atoms with E-state index in [0.29, 0.717) is 11.0 Å². The predicted octanol–water partition coefficient (Wildman–Crippen LogP) is 3.56. The molecule has 0 bridgehead atoms. The summed E-state index contributed by atoms with van der Waals surface area (Å²) in [4.78, 5) is 0. The minimum absolute atomic E-state index is 0.000262. The third-order valence-electron chi connectivity index (χ3n) is 3.41. The van der Waals surface area contributed by atoms with E-state index in [4.69, 9.17) is 20.8 Å². The Morgan fingerprint density at radius 2 is 2.00 bits per heavy atom. The van der Waals surface area contributed by atoms with E-state index in [0.717, 1.165) is 6.42 Å². The molecule has 2 heterocycles. The highest BCUT2D eigenvalue weighted by Crippen LogP contribution is 2.47. The number of ether oxygens (including phenoxy) is 1. The van der Waals surface area contributed by atoms with Crippen LogP contribution in [0, 0.1) is 5.92 Å². The SMILES string of the molecule is CC1(C)CC(C(O)c2ccc(Cl)o2)C(C)(C)O1. The molecule has 1 aliphatic rings. The van der Waals surface area contributed by atoms with Gasteiger partial charge in [0.05, 0.1) is 11.2 Å². The number of aliphatic hydroxyl groups is 1. The minimum Gasteiger partial charge on any atom is -0.447 e. The first kappa shape index (κ1) is 12.9. The van der Waals surface area contributed by atoms with Gasteiger partial charge in [-0.25, -0.2) is 0 Å². The van der Waals surface area contributed by atoms with Gasteiger partial charge in [0, 0.05) is 5.92 Å². The molecule has 1 aromatic heterocycles. The third kappa shape index (κ3) is 2.51. The zero-order valence-corrected chi connectivity index (χ0v) is 11.4. The second-order valence-electron chi connectivity index (χ2n) is 5.86. The molecule has 1 aliphatic heterocycles. The highest BCUT2D eigenvalue weighted by atomic mass is 35.5. The van der Waals surface area contributed by atoms with Crippen molar-refractivity contribution in [2.24, 2.45) is 5.92 Å². The molecule has 0 spiro atoms. The summed E-state index contributed by atoms with van der Waals surface area (Å²) < 4.78 is 11.2. The zero-order chi connectivity index (χ0) is 12.8. The van der Waals surface area contributed by atoms with Gasteiger partial charge in [-0.15, -0.1) is 0 Å². The summed E-state index contributed by atoms with van der Waals surface area (Å²) in [5.41, 5.74) is -0.590. The molecule has 0 aromatic carbocycles. The number of furan rings is 1. The van der Waals surface area contributed by atoms with Gasteiger partial charge in [-0.1, -0.05) is 0 Å². The molecule has 1 aromatic rings. The van der Waals surface area contributed by atoms with Gasteiger partial charge in [-0.05, 0) is 57.8 Å². The van der Waals surface area contributed by atoms with Crippen LogP contribution < -0.4 is 0 Å². The molecular formula is C13H19ClO3. The lowest BCUT2D eigenvalue weighted by Gasteiger charge is -2.29. The standard InChI is InChI=1S/C13H19ClO3/c1-12(2)7-8(13(3,4)17-12)11(15)9-5-6-10(14)16-9/h5-6,8,11,15H,7H2,1-4H3. The second kappa shape index (κ2) is 4.01. The van der Waals surface area contributed by atoms with Gasteiger partial charge in [0.2, 0.25) is 0 Å². The van der Waals surface area contributed by atoms with Gasteiger partial charge in [0.25, 0.3) is 0 Å². The van der Waals surface area contributed by atoms with Crippen molar-refractivity contribution in [3.63, 3.8) is 0 Å². The Hall–Kier alpha value is -0.510. The van der Waals surface area contributed by atoms with Gasteiger partial charge in [0.15, 0.2) is 5.22 Å². The lowest BCUT2D eigenvalue weighted by atomic mass is 9.82. The molecule has 2 rings (SSSR count). The third-order valence-corrected chi connectivity index (χ3v) is 3.61. The fourth-order valence-corrected chi connectivity index (χ4v) is 2.93. The van der Waals surface area contributed by atoms with Crippen LogP contribution in [0.4, 0.5) is 0 Å². The van der Waals surface area contributed by atoms with E-state index in [2.05, 4.69) is 0 Å². The van der Waals surface area contributed by atoms with Crippen LogP contribution in [0.25, 0.3) is 0 Å². The molecule has 4 heteroatoms. The van der Waals surface area contributed by atoms with Crippen molar-refractivity contribution in [1.29, 1.82) is 0 Å². The van der Waals surface area contributed by atoms with E-state index in [1.165, 1.54) is 0 Å². The van der Waals surface area contributed by atoms with Crippen LogP contribution in [0.2, 0.25) is 5.22 Å². The molecule has 0 aliphatic carbocycles. The van der Waals surface area contributed by atoms with E-state index in [9.17, 15) is 5.11 Å². The van der Waals surface area contributed by atoms with Crippen LogP contribution >= 0.6 is 11.6 Å². The molecule has 96 valence electrons. The Labute approximate surface area is 107 Å². The van der Waals surface area contributed by atoms with Crippen molar-refractivity contribution in [2.45, 2.75) is 51.4 Å². The Morgan fingerprint density at radius 1 is 1.35 bits per heavy atom. The average Bonchev–Trinajstić information content (AvgIpc) is 2.66.